The van der Waals surface area contributed by atoms with E-state index in [0.717, 1.165) is 5.75 Å². The number of rotatable bonds is 9. The van der Waals surface area contributed by atoms with Crippen LogP contribution >= 0.6 is 12.6 Å². The summed E-state index contributed by atoms with van der Waals surface area (Å²) in [6.45, 7) is 2.27. The molecule has 0 aromatic rings. The average Bonchev–Trinajstić information content (AvgIpc) is 2.10. The van der Waals surface area contributed by atoms with Gasteiger partial charge in [-0.15, -0.1) is 0 Å². The van der Waals surface area contributed by atoms with Crippen LogP contribution in [-0.4, -0.2) is 5.75 Å². The second-order valence-corrected chi connectivity index (χ2v) is 4.00. The quantitative estimate of drug-likeness (QED) is 0.442. The Morgan fingerprint density at radius 3 is 1.46 bits per heavy atom. The molecule has 0 radical (unpaired) electrons. The molecule has 0 heterocycles. The minimum absolute atomic E-state index is 0. The molecule has 0 atom stereocenters. The van der Waals surface area contributed by atoms with Gasteiger partial charge in [0, 0.05) is 21.1 Å². The van der Waals surface area contributed by atoms with Crippen LogP contribution in [0.5, 0.6) is 0 Å². The molecule has 0 unspecified atom stereocenters. The van der Waals surface area contributed by atoms with Crippen LogP contribution in [0, 0.1) is 0 Å². The molecule has 0 saturated heterocycles. The van der Waals surface area contributed by atoms with Gasteiger partial charge in [-0.2, -0.15) is 12.6 Å². The Morgan fingerprint density at radius 2 is 1.08 bits per heavy atom. The molecule has 0 aliphatic rings. The standard InChI is InChI=1S/C11H24S.Pt/c1-2-3-4-5-6-7-8-9-10-11-12;/h12H,2-11H2,1H3;. The van der Waals surface area contributed by atoms with Crippen LogP contribution < -0.4 is 0 Å². The molecule has 13 heavy (non-hydrogen) atoms. The van der Waals surface area contributed by atoms with Crippen molar-refractivity contribution in [3.63, 3.8) is 0 Å². The van der Waals surface area contributed by atoms with Crippen LogP contribution in [0.25, 0.3) is 0 Å². The van der Waals surface area contributed by atoms with Gasteiger partial charge in [0.1, 0.15) is 0 Å². The molecule has 0 saturated carbocycles. The summed E-state index contributed by atoms with van der Waals surface area (Å²) in [5, 5.41) is 0. The molecule has 0 aliphatic heterocycles. The largest absolute Gasteiger partial charge is 0.179 e. The molecule has 0 aliphatic carbocycles. The van der Waals surface area contributed by atoms with Crippen LogP contribution in [-0.2, 0) is 21.1 Å². The van der Waals surface area contributed by atoms with E-state index < -0.39 is 0 Å². The molecule has 0 bridgehead atoms. The SMILES string of the molecule is CCCCCCCCCCCS.[Pt]. The third-order valence-corrected chi connectivity index (χ3v) is 2.58. The summed E-state index contributed by atoms with van der Waals surface area (Å²) < 4.78 is 0. The first-order chi connectivity index (χ1) is 5.91. The zero-order valence-corrected chi connectivity index (χ0v) is 12.0. The van der Waals surface area contributed by atoms with Gasteiger partial charge in [0.2, 0.25) is 0 Å². The van der Waals surface area contributed by atoms with Gasteiger partial charge in [0.05, 0.1) is 0 Å². The van der Waals surface area contributed by atoms with E-state index in [1.54, 1.807) is 0 Å². The summed E-state index contributed by atoms with van der Waals surface area (Å²) in [6.07, 6.45) is 12.7. The van der Waals surface area contributed by atoms with Gasteiger partial charge in [0.25, 0.3) is 0 Å². The van der Waals surface area contributed by atoms with Gasteiger partial charge in [-0.25, -0.2) is 0 Å². The summed E-state index contributed by atoms with van der Waals surface area (Å²) in [4.78, 5) is 0. The molecule has 0 fully saturated rings. The minimum Gasteiger partial charge on any atom is -0.179 e. The van der Waals surface area contributed by atoms with Crippen molar-refractivity contribution in [2.45, 2.75) is 64.7 Å². The number of hydrogen-bond acceptors (Lipinski definition) is 1. The van der Waals surface area contributed by atoms with Crippen molar-refractivity contribution in [2.24, 2.45) is 0 Å². The van der Waals surface area contributed by atoms with Gasteiger partial charge in [-0.3, -0.25) is 0 Å². The number of unbranched alkanes of at least 4 members (excludes halogenated alkanes) is 8. The van der Waals surface area contributed by atoms with Crippen LogP contribution in [0.3, 0.4) is 0 Å². The van der Waals surface area contributed by atoms with Crippen molar-refractivity contribution in [3.8, 4) is 0 Å². The first kappa shape index (κ1) is 16.5. The average molecular weight is 383 g/mol. The normalized spacial score (nSPS) is 9.69. The summed E-state index contributed by atoms with van der Waals surface area (Å²) in [5.74, 6) is 1.07. The first-order valence-electron chi connectivity index (χ1n) is 5.52. The minimum atomic E-state index is 0. The van der Waals surface area contributed by atoms with E-state index in [0.29, 0.717) is 0 Å². The first-order valence-corrected chi connectivity index (χ1v) is 6.16. The molecule has 0 amide bonds. The van der Waals surface area contributed by atoms with Gasteiger partial charge in [-0.05, 0) is 12.2 Å². The second kappa shape index (κ2) is 15.5. The predicted octanol–water partition coefficient (Wildman–Crippen LogP) is 4.44. The third-order valence-electron chi connectivity index (χ3n) is 2.26. The van der Waals surface area contributed by atoms with E-state index in [4.69, 9.17) is 0 Å². The van der Waals surface area contributed by atoms with Gasteiger partial charge in [-0.1, -0.05) is 58.3 Å². The van der Waals surface area contributed by atoms with Crippen LogP contribution in [0.2, 0.25) is 0 Å². The molecular formula is C11H24PtS. The maximum Gasteiger partial charge on any atom is 0 e. The summed E-state index contributed by atoms with van der Waals surface area (Å²) in [6, 6.07) is 0. The fourth-order valence-corrected chi connectivity index (χ4v) is 1.65. The Hall–Kier alpha value is 1.04. The van der Waals surface area contributed by atoms with E-state index >= 15 is 0 Å². The number of hydrogen-bond donors (Lipinski definition) is 1. The molecule has 0 N–H and O–H groups in total. The molecule has 0 nitrogen and oxygen atoms in total. The maximum absolute atomic E-state index is 4.19. The van der Waals surface area contributed by atoms with Crippen LogP contribution in [0.15, 0.2) is 0 Å². The van der Waals surface area contributed by atoms with Crippen LogP contribution in [0.4, 0.5) is 0 Å². The Labute approximate surface area is 104 Å². The van der Waals surface area contributed by atoms with Crippen molar-refractivity contribution in [2.75, 3.05) is 5.75 Å². The van der Waals surface area contributed by atoms with Gasteiger partial charge < -0.3 is 0 Å². The second-order valence-electron chi connectivity index (χ2n) is 3.55. The molecular weight excluding hydrogens is 359 g/mol. The van der Waals surface area contributed by atoms with E-state index in [1.165, 1.54) is 57.8 Å². The summed E-state index contributed by atoms with van der Waals surface area (Å²) in [5.41, 5.74) is 0. The summed E-state index contributed by atoms with van der Waals surface area (Å²) >= 11 is 4.19. The van der Waals surface area contributed by atoms with Crippen molar-refractivity contribution in [1.82, 2.24) is 0 Å². The topological polar surface area (TPSA) is 0 Å². The third kappa shape index (κ3) is 15.8. The summed E-state index contributed by atoms with van der Waals surface area (Å²) in [7, 11) is 0. The molecule has 0 rings (SSSR count). The van der Waals surface area contributed by atoms with E-state index in [9.17, 15) is 0 Å². The van der Waals surface area contributed by atoms with Crippen molar-refractivity contribution < 1.29 is 21.1 Å². The molecule has 0 aromatic heterocycles. The fraction of sp³-hybridized carbons (Fsp3) is 1.00. The molecule has 0 aromatic carbocycles. The fourth-order valence-electron chi connectivity index (χ4n) is 1.42. The zero-order chi connectivity index (χ0) is 9.07. The number of thiol groups is 1. The van der Waals surface area contributed by atoms with Crippen LogP contribution in [0.1, 0.15) is 64.7 Å². The maximum atomic E-state index is 4.19. The Balaban J connectivity index is 0. The van der Waals surface area contributed by atoms with Gasteiger partial charge >= 0.3 is 0 Å². The smallest absolute Gasteiger partial charge is 0 e. The van der Waals surface area contributed by atoms with Gasteiger partial charge in [0.15, 0.2) is 0 Å². The predicted molar refractivity (Wildman–Crippen MR) is 61.1 cm³/mol. The van der Waals surface area contributed by atoms with E-state index in [-0.39, 0.29) is 21.1 Å². The van der Waals surface area contributed by atoms with E-state index in [2.05, 4.69) is 19.6 Å². The zero-order valence-electron chi connectivity index (χ0n) is 8.83. The van der Waals surface area contributed by atoms with E-state index in [1.807, 2.05) is 0 Å². The Morgan fingerprint density at radius 1 is 0.692 bits per heavy atom. The molecule has 2 heteroatoms. The molecule has 84 valence electrons. The Kier molecular flexibility index (Phi) is 19.6. The van der Waals surface area contributed by atoms with Crippen molar-refractivity contribution >= 4 is 12.6 Å². The van der Waals surface area contributed by atoms with Crippen molar-refractivity contribution in [1.29, 1.82) is 0 Å². The Bertz CT molecular complexity index is 66.5. The van der Waals surface area contributed by atoms with Crippen molar-refractivity contribution in [3.05, 3.63) is 0 Å². The molecule has 0 spiro atoms. The monoisotopic (exact) mass is 383 g/mol.